The van der Waals surface area contributed by atoms with Gasteiger partial charge in [0, 0.05) is 18.5 Å². The van der Waals surface area contributed by atoms with E-state index in [4.69, 9.17) is 9.47 Å². The molecule has 0 saturated heterocycles. The first-order valence-electron chi connectivity index (χ1n) is 9.77. The summed E-state index contributed by atoms with van der Waals surface area (Å²) in [6, 6.07) is 14.6. The van der Waals surface area contributed by atoms with Gasteiger partial charge in [0.15, 0.2) is 5.75 Å². The number of rotatable bonds is 9. The van der Waals surface area contributed by atoms with Gasteiger partial charge < -0.3 is 19.1 Å². The van der Waals surface area contributed by atoms with Crippen LogP contribution in [0.5, 0.6) is 17.2 Å². The van der Waals surface area contributed by atoms with Gasteiger partial charge in [-0.15, -0.1) is 0 Å². The number of aromatic hydroxyl groups is 1. The molecule has 1 heterocycles. The van der Waals surface area contributed by atoms with E-state index < -0.39 is 0 Å². The Bertz CT molecular complexity index is 979. The van der Waals surface area contributed by atoms with Gasteiger partial charge in [-0.1, -0.05) is 56.5 Å². The van der Waals surface area contributed by atoms with E-state index in [0.717, 1.165) is 36.6 Å². The van der Waals surface area contributed by atoms with Gasteiger partial charge in [0.25, 0.3) is 5.56 Å². The maximum absolute atomic E-state index is 12.9. The normalized spacial score (nSPS) is 10.9. The molecule has 2 aromatic carbocycles. The second-order valence-corrected chi connectivity index (χ2v) is 6.91. The number of aryl methyl sites for hydroxylation is 1. The second-order valence-electron chi connectivity index (χ2n) is 6.91. The number of fused-ring (bicyclic) bond motifs is 1. The van der Waals surface area contributed by atoms with Crippen LogP contribution in [0.4, 0.5) is 0 Å². The highest BCUT2D eigenvalue weighted by Crippen LogP contribution is 2.34. The van der Waals surface area contributed by atoms with Crippen LogP contribution in [-0.2, 0) is 13.7 Å². The average Bonchev–Trinajstić information content (AvgIpc) is 2.71. The van der Waals surface area contributed by atoms with Gasteiger partial charge in [-0.3, -0.25) is 4.79 Å². The van der Waals surface area contributed by atoms with Crippen molar-refractivity contribution in [2.24, 2.45) is 7.05 Å². The van der Waals surface area contributed by atoms with E-state index in [1.54, 1.807) is 25.2 Å². The monoisotopic (exact) mass is 381 g/mol. The van der Waals surface area contributed by atoms with Crippen LogP contribution < -0.4 is 15.0 Å². The predicted molar refractivity (Wildman–Crippen MR) is 111 cm³/mol. The Balaban J connectivity index is 1.96. The number of ether oxygens (including phenoxy) is 2. The number of hydrogen-bond acceptors (Lipinski definition) is 4. The third-order valence-corrected chi connectivity index (χ3v) is 4.76. The summed E-state index contributed by atoms with van der Waals surface area (Å²) in [6.45, 7) is 2.97. The summed E-state index contributed by atoms with van der Waals surface area (Å²) < 4.78 is 13.5. The fraction of sp³-hybridized carbons (Fsp3) is 0.348. The third kappa shape index (κ3) is 4.47. The van der Waals surface area contributed by atoms with Crippen LogP contribution in [0.1, 0.15) is 38.2 Å². The first-order chi connectivity index (χ1) is 13.6. The summed E-state index contributed by atoms with van der Waals surface area (Å²) in [7, 11) is 1.67. The van der Waals surface area contributed by atoms with Gasteiger partial charge in [-0.2, -0.15) is 0 Å². The molecule has 0 atom stereocenters. The number of pyridine rings is 1. The maximum atomic E-state index is 12.9. The lowest BCUT2D eigenvalue weighted by molar-refractivity contribution is 0.255. The third-order valence-electron chi connectivity index (χ3n) is 4.76. The van der Waals surface area contributed by atoms with Crippen molar-refractivity contribution in [1.29, 1.82) is 0 Å². The Morgan fingerprint density at radius 3 is 2.50 bits per heavy atom. The zero-order chi connectivity index (χ0) is 19.9. The van der Waals surface area contributed by atoms with Crippen LogP contribution in [-0.4, -0.2) is 16.3 Å². The molecule has 0 unspecified atom stereocenters. The highest BCUT2D eigenvalue weighted by Gasteiger charge is 2.19. The first kappa shape index (κ1) is 19.8. The molecule has 5 heteroatoms. The van der Waals surface area contributed by atoms with E-state index in [-0.39, 0.29) is 23.7 Å². The Labute approximate surface area is 165 Å². The van der Waals surface area contributed by atoms with Crippen LogP contribution in [0.25, 0.3) is 10.9 Å². The summed E-state index contributed by atoms with van der Waals surface area (Å²) in [5, 5.41) is 10.6. The van der Waals surface area contributed by atoms with Crippen molar-refractivity contribution in [3.05, 3.63) is 64.4 Å². The highest BCUT2D eigenvalue weighted by atomic mass is 16.5. The lowest BCUT2D eigenvalue weighted by atomic mass is 10.1. The largest absolute Gasteiger partial charge is 0.508 e. The predicted octanol–water partition coefficient (Wildman–Crippen LogP) is 4.78. The van der Waals surface area contributed by atoms with E-state index in [9.17, 15) is 9.90 Å². The van der Waals surface area contributed by atoms with Gasteiger partial charge in [-0.25, -0.2) is 0 Å². The van der Waals surface area contributed by atoms with Crippen molar-refractivity contribution in [3.8, 4) is 17.2 Å². The Kier molecular flexibility index (Phi) is 6.58. The maximum Gasteiger partial charge on any atom is 0.297 e. The number of phenolic OH excluding ortho intramolecular Hbond substituents is 1. The fourth-order valence-electron chi connectivity index (χ4n) is 3.17. The van der Waals surface area contributed by atoms with Crippen molar-refractivity contribution in [1.82, 2.24) is 4.57 Å². The molecule has 1 aromatic heterocycles. The molecule has 0 fully saturated rings. The van der Waals surface area contributed by atoms with Gasteiger partial charge in [-0.05, 0) is 24.1 Å². The molecule has 0 bridgehead atoms. The second kappa shape index (κ2) is 9.31. The quantitative estimate of drug-likeness (QED) is 0.542. The van der Waals surface area contributed by atoms with Gasteiger partial charge >= 0.3 is 0 Å². The van der Waals surface area contributed by atoms with Gasteiger partial charge in [0.2, 0.25) is 5.75 Å². The standard InChI is InChI=1S/C23H27NO4/c1-3-4-5-9-14-27-21-19-13-12-18(25)15-20(19)24(2)23(26)22(21)28-16-17-10-7-6-8-11-17/h6-8,10-13,15,25H,3-5,9,14,16H2,1-2H3. The summed E-state index contributed by atoms with van der Waals surface area (Å²) >= 11 is 0. The number of aromatic nitrogens is 1. The summed E-state index contributed by atoms with van der Waals surface area (Å²) in [5.41, 5.74) is 1.31. The minimum absolute atomic E-state index is 0.106. The van der Waals surface area contributed by atoms with E-state index in [0.29, 0.717) is 17.9 Å². The Hall–Kier alpha value is -2.95. The minimum Gasteiger partial charge on any atom is -0.508 e. The van der Waals surface area contributed by atoms with Crippen LogP contribution in [0.3, 0.4) is 0 Å². The molecule has 0 radical (unpaired) electrons. The smallest absolute Gasteiger partial charge is 0.297 e. The number of hydrogen-bond donors (Lipinski definition) is 1. The lowest BCUT2D eigenvalue weighted by Gasteiger charge is -2.17. The van der Waals surface area contributed by atoms with Gasteiger partial charge in [0.05, 0.1) is 12.1 Å². The zero-order valence-electron chi connectivity index (χ0n) is 16.5. The number of benzene rings is 2. The molecule has 0 aliphatic carbocycles. The summed E-state index contributed by atoms with van der Waals surface area (Å²) in [4.78, 5) is 12.9. The molecular weight excluding hydrogens is 354 g/mol. The molecule has 0 amide bonds. The van der Waals surface area contributed by atoms with Crippen LogP contribution in [0.15, 0.2) is 53.3 Å². The van der Waals surface area contributed by atoms with Crippen molar-refractivity contribution < 1.29 is 14.6 Å². The first-order valence-corrected chi connectivity index (χ1v) is 9.77. The lowest BCUT2D eigenvalue weighted by Crippen LogP contribution is -2.21. The van der Waals surface area contributed by atoms with E-state index in [2.05, 4.69) is 6.92 Å². The van der Waals surface area contributed by atoms with E-state index in [1.807, 2.05) is 30.3 Å². The average molecular weight is 381 g/mol. The molecular formula is C23H27NO4. The molecule has 5 nitrogen and oxygen atoms in total. The van der Waals surface area contributed by atoms with Crippen molar-refractivity contribution in [2.45, 2.75) is 39.2 Å². The molecule has 0 saturated carbocycles. The Morgan fingerprint density at radius 1 is 0.964 bits per heavy atom. The van der Waals surface area contributed by atoms with Crippen LogP contribution in [0.2, 0.25) is 0 Å². The van der Waals surface area contributed by atoms with Gasteiger partial charge in [0.1, 0.15) is 12.4 Å². The van der Waals surface area contributed by atoms with Crippen molar-refractivity contribution in [2.75, 3.05) is 6.61 Å². The molecule has 0 spiro atoms. The molecule has 3 aromatic rings. The topological polar surface area (TPSA) is 60.7 Å². The number of phenols is 1. The van der Waals surface area contributed by atoms with Crippen molar-refractivity contribution >= 4 is 10.9 Å². The summed E-state index contributed by atoms with van der Waals surface area (Å²) in [5.74, 6) is 0.764. The number of unbranched alkanes of at least 4 members (excludes halogenated alkanes) is 3. The molecule has 1 N–H and O–H groups in total. The van der Waals surface area contributed by atoms with Crippen molar-refractivity contribution in [3.63, 3.8) is 0 Å². The van der Waals surface area contributed by atoms with Crippen LogP contribution in [0, 0.1) is 0 Å². The molecule has 0 aliphatic rings. The molecule has 3 rings (SSSR count). The van der Waals surface area contributed by atoms with E-state index >= 15 is 0 Å². The Morgan fingerprint density at radius 2 is 1.75 bits per heavy atom. The SMILES string of the molecule is CCCCCCOc1c(OCc2ccccc2)c(=O)n(C)c2cc(O)ccc12. The summed E-state index contributed by atoms with van der Waals surface area (Å²) in [6.07, 6.45) is 4.31. The fourth-order valence-corrected chi connectivity index (χ4v) is 3.17. The molecule has 148 valence electrons. The zero-order valence-corrected chi connectivity index (χ0v) is 16.5. The minimum atomic E-state index is -0.280. The highest BCUT2D eigenvalue weighted by molar-refractivity contribution is 5.88. The number of nitrogens with zero attached hydrogens (tertiary/aromatic N) is 1. The van der Waals surface area contributed by atoms with E-state index in [1.165, 1.54) is 4.57 Å². The van der Waals surface area contributed by atoms with Crippen LogP contribution >= 0.6 is 0 Å². The molecule has 0 aliphatic heterocycles. The molecule has 28 heavy (non-hydrogen) atoms.